The average Bonchev–Trinajstić information content (AvgIpc) is 2.75. The third kappa shape index (κ3) is 5.77. The largest absolute Gasteiger partial charge is 0.494 e. The van der Waals surface area contributed by atoms with Crippen molar-refractivity contribution in [1.82, 2.24) is 4.90 Å². The lowest BCUT2D eigenvalue weighted by Gasteiger charge is -2.39. The Kier molecular flexibility index (Phi) is 7.23. The standard InChI is InChI=1S/C23H30N2O5S/c1-4-29-20-10-12-21(13-11-20)31(27,28)24-19-8-6-18(7-9-19)22(26)25-16-14-23(3,15-17-25)30-5-2/h6-13,24H,4-5,14-17H2,1-3H3. The molecule has 8 heteroatoms. The summed E-state index contributed by atoms with van der Waals surface area (Å²) in [5.74, 6) is 0.558. The van der Waals surface area contributed by atoms with E-state index < -0.39 is 10.0 Å². The Morgan fingerprint density at radius 1 is 1.00 bits per heavy atom. The maximum atomic E-state index is 12.8. The molecule has 2 aromatic carbocycles. The molecule has 1 N–H and O–H groups in total. The predicted octanol–water partition coefficient (Wildman–Crippen LogP) is 3.92. The van der Waals surface area contributed by atoms with Gasteiger partial charge in [0.05, 0.1) is 17.1 Å². The van der Waals surface area contributed by atoms with E-state index in [9.17, 15) is 13.2 Å². The summed E-state index contributed by atoms with van der Waals surface area (Å²) in [6.45, 7) is 8.39. The van der Waals surface area contributed by atoms with Crippen LogP contribution in [0.5, 0.6) is 5.75 Å². The SMILES string of the molecule is CCOc1ccc(S(=O)(=O)Nc2ccc(C(=O)N3CCC(C)(OCC)CC3)cc2)cc1. The molecule has 2 aromatic rings. The third-order valence-corrected chi connectivity index (χ3v) is 6.83. The van der Waals surface area contributed by atoms with E-state index in [0.717, 1.165) is 12.8 Å². The number of sulfonamides is 1. The van der Waals surface area contributed by atoms with Gasteiger partial charge in [0.2, 0.25) is 0 Å². The van der Waals surface area contributed by atoms with E-state index in [4.69, 9.17) is 9.47 Å². The summed E-state index contributed by atoms with van der Waals surface area (Å²) in [7, 11) is -3.73. The molecule has 1 saturated heterocycles. The van der Waals surface area contributed by atoms with E-state index in [0.29, 0.717) is 43.3 Å². The lowest BCUT2D eigenvalue weighted by molar-refractivity contribution is -0.0611. The van der Waals surface area contributed by atoms with Crippen molar-refractivity contribution in [2.75, 3.05) is 31.0 Å². The van der Waals surface area contributed by atoms with Crippen molar-refractivity contribution in [1.29, 1.82) is 0 Å². The fraction of sp³-hybridized carbons (Fsp3) is 0.435. The van der Waals surface area contributed by atoms with Crippen LogP contribution in [0.2, 0.25) is 0 Å². The monoisotopic (exact) mass is 446 g/mol. The quantitative estimate of drug-likeness (QED) is 0.664. The molecular weight excluding hydrogens is 416 g/mol. The van der Waals surface area contributed by atoms with Crippen molar-refractivity contribution in [2.24, 2.45) is 0 Å². The van der Waals surface area contributed by atoms with E-state index in [2.05, 4.69) is 11.6 Å². The van der Waals surface area contributed by atoms with E-state index in [-0.39, 0.29) is 16.4 Å². The lowest BCUT2D eigenvalue weighted by Crippen LogP contribution is -2.46. The van der Waals surface area contributed by atoms with Crippen LogP contribution in [0.4, 0.5) is 5.69 Å². The molecule has 1 heterocycles. The Labute approximate surface area is 184 Å². The Morgan fingerprint density at radius 2 is 1.61 bits per heavy atom. The molecule has 0 radical (unpaired) electrons. The van der Waals surface area contributed by atoms with E-state index >= 15 is 0 Å². The fourth-order valence-corrected chi connectivity index (χ4v) is 4.69. The number of rotatable bonds is 8. The third-order valence-electron chi connectivity index (χ3n) is 5.43. The minimum absolute atomic E-state index is 0.0560. The van der Waals surface area contributed by atoms with E-state index in [1.54, 1.807) is 36.4 Å². The molecule has 1 fully saturated rings. The molecule has 0 unspecified atom stereocenters. The summed E-state index contributed by atoms with van der Waals surface area (Å²) in [4.78, 5) is 14.8. The first-order chi connectivity index (χ1) is 14.8. The second kappa shape index (κ2) is 9.70. The van der Waals surface area contributed by atoms with Gasteiger partial charge in [0.25, 0.3) is 15.9 Å². The number of benzene rings is 2. The Hall–Kier alpha value is -2.58. The van der Waals surface area contributed by atoms with E-state index in [1.807, 2.05) is 18.7 Å². The van der Waals surface area contributed by atoms with Gasteiger partial charge in [-0.15, -0.1) is 0 Å². The van der Waals surface area contributed by atoms with Gasteiger partial charge < -0.3 is 14.4 Å². The van der Waals surface area contributed by atoms with Crippen molar-refractivity contribution in [3.8, 4) is 5.75 Å². The molecule has 168 valence electrons. The molecule has 1 aliphatic rings. The summed E-state index contributed by atoms with van der Waals surface area (Å²) >= 11 is 0. The number of amides is 1. The second-order valence-electron chi connectivity index (χ2n) is 7.76. The first-order valence-corrected chi connectivity index (χ1v) is 12.0. The zero-order valence-corrected chi connectivity index (χ0v) is 19.1. The van der Waals surface area contributed by atoms with Gasteiger partial charge in [-0.25, -0.2) is 8.42 Å². The van der Waals surface area contributed by atoms with Gasteiger partial charge in [-0.3, -0.25) is 9.52 Å². The maximum Gasteiger partial charge on any atom is 0.261 e. The number of nitrogens with one attached hydrogen (secondary N) is 1. The van der Waals surface area contributed by atoms with Crippen LogP contribution in [0.1, 0.15) is 44.0 Å². The van der Waals surface area contributed by atoms with Crippen molar-refractivity contribution in [2.45, 2.75) is 44.1 Å². The molecule has 0 aliphatic carbocycles. The number of carbonyl (C=O) groups is 1. The van der Waals surface area contributed by atoms with Gasteiger partial charge in [0.15, 0.2) is 0 Å². The van der Waals surface area contributed by atoms with Gasteiger partial charge in [0, 0.05) is 30.9 Å². The summed E-state index contributed by atoms with van der Waals surface area (Å²) in [5.41, 5.74) is 0.756. The molecule has 0 spiro atoms. The predicted molar refractivity (Wildman–Crippen MR) is 120 cm³/mol. The number of hydrogen-bond acceptors (Lipinski definition) is 5. The number of ether oxygens (including phenoxy) is 2. The first-order valence-electron chi connectivity index (χ1n) is 10.6. The van der Waals surface area contributed by atoms with Gasteiger partial charge in [-0.2, -0.15) is 0 Å². The fourth-order valence-electron chi connectivity index (χ4n) is 3.63. The highest BCUT2D eigenvalue weighted by Crippen LogP contribution is 2.27. The molecule has 31 heavy (non-hydrogen) atoms. The van der Waals surface area contributed by atoms with Gasteiger partial charge in [0.1, 0.15) is 5.75 Å². The van der Waals surface area contributed by atoms with Crippen molar-refractivity contribution in [3.63, 3.8) is 0 Å². The molecule has 7 nitrogen and oxygen atoms in total. The summed E-state index contributed by atoms with van der Waals surface area (Å²) in [6, 6.07) is 12.7. The van der Waals surface area contributed by atoms with Crippen LogP contribution in [-0.2, 0) is 14.8 Å². The maximum absolute atomic E-state index is 12.8. The van der Waals surface area contributed by atoms with Crippen LogP contribution >= 0.6 is 0 Å². The topological polar surface area (TPSA) is 84.9 Å². The average molecular weight is 447 g/mol. The van der Waals surface area contributed by atoms with Gasteiger partial charge >= 0.3 is 0 Å². The second-order valence-corrected chi connectivity index (χ2v) is 9.44. The van der Waals surface area contributed by atoms with Crippen LogP contribution in [0, 0.1) is 0 Å². The van der Waals surface area contributed by atoms with Gasteiger partial charge in [-0.1, -0.05) is 0 Å². The molecular formula is C23H30N2O5S. The molecule has 0 bridgehead atoms. The highest BCUT2D eigenvalue weighted by atomic mass is 32.2. The molecule has 1 amide bonds. The zero-order valence-electron chi connectivity index (χ0n) is 18.3. The van der Waals surface area contributed by atoms with Gasteiger partial charge in [-0.05, 0) is 82.1 Å². The zero-order chi connectivity index (χ0) is 22.5. The molecule has 0 atom stereocenters. The molecule has 1 aliphatic heterocycles. The Morgan fingerprint density at radius 3 is 2.16 bits per heavy atom. The molecule has 0 saturated carbocycles. The van der Waals surface area contributed by atoms with Crippen molar-refractivity contribution < 1.29 is 22.7 Å². The Balaban J connectivity index is 1.62. The van der Waals surface area contributed by atoms with Crippen molar-refractivity contribution in [3.05, 3.63) is 54.1 Å². The lowest BCUT2D eigenvalue weighted by atomic mass is 9.93. The highest BCUT2D eigenvalue weighted by molar-refractivity contribution is 7.92. The normalized spacial score (nSPS) is 16.0. The highest BCUT2D eigenvalue weighted by Gasteiger charge is 2.32. The summed E-state index contributed by atoms with van der Waals surface area (Å²) in [6.07, 6.45) is 1.60. The van der Waals surface area contributed by atoms with Crippen LogP contribution in [0.3, 0.4) is 0 Å². The van der Waals surface area contributed by atoms with E-state index in [1.165, 1.54) is 12.1 Å². The minimum Gasteiger partial charge on any atom is -0.494 e. The van der Waals surface area contributed by atoms with Crippen LogP contribution < -0.4 is 9.46 Å². The number of carbonyl (C=O) groups excluding carboxylic acids is 1. The smallest absolute Gasteiger partial charge is 0.261 e. The molecule has 3 rings (SSSR count). The minimum atomic E-state index is -3.73. The number of piperidine rings is 1. The number of hydrogen-bond donors (Lipinski definition) is 1. The van der Waals surface area contributed by atoms with Crippen molar-refractivity contribution >= 4 is 21.6 Å². The number of anilines is 1. The number of nitrogens with zero attached hydrogens (tertiary/aromatic N) is 1. The number of likely N-dealkylation sites (tertiary alicyclic amines) is 1. The first kappa shape index (κ1) is 23.1. The molecule has 0 aromatic heterocycles. The Bertz CT molecular complexity index is 980. The van der Waals surface area contributed by atoms with Crippen LogP contribution in [0.25, 0.3) is 0 Å². The summed E-state index contributed by atoms with van der Waals surface area (Å²) < 4.78 is 38.9. The van der Waals surface area contributed by atoms with Crippen LogP contribution in [-0.4, -0.2) is 51.1 Å². The van der Waals surface area contributed by atoms with Crippen LogP contribution in [0.15, 0.2) is 53.4 Å². The summed E-state index contributed by atoms with van der Waals surface area (Å²) in [5, 5.41) is 0.